The minimum Gasteiger partial charge on any atom is -0.444 e. The fraction of sp³-hybridized carbons (Fsp3) is 0.875. The second-order valence-corrected chi connectivity index (χ2v) is 6.09. The van der Waals surface area contributed by atoms with Crippen LogP contribution in [0.1, 0.15) is 27.2 Å². The molecule has 0 aromatic rings. The van der Waals surface area contributed by atoms with Gasteiger partial charge in [0.25, 0.3) is 0 Å². The summed E-state index contributed by atoms with van der Waals surface area (Å²) in [4.78, 5) is 21.8. The van der Waals surface area contributed by atoms with E-state index < -0.39 is 11.7 Å². The Kier molecular flexibility index (Phi) is 14.0. The Morgan fingerprint density at radius 3 is 1.68 bits per heavy atom. The van der Waals surface area contributed by atoms with Crippen LogP contribution in [0.15, 0.2) is 0 Å². The Bertz CT molecular complexity index is 359. The Balaban J connectivity index is 3.17. The van der Waals surface area contributed by atoms with Gasteiger partial charge in [-0.05, 0) is 20.8 Å². The number of primary amides is 1. The molecular weight excluding hydrogens is 332 g/mol. The molecule has 0 spiro atoms. The van der Waals surface area contributed by atoms with Crippen LogP contribution in [0.4, 0.5) is 4.79 Å². The van der Waals surface area contributed by atoms with E-state index in [4.69, 9.17) is 29.4 Å². The molecule has 0 radical (unpaired) electrons. The summed E-state index contributed by atoms with van der Waals surface area (Å²) in [5.74, 6) is -0.378. The lowest BCUT2D eigenvalue weighted by molar-refractivity contribution is -0.119. The molecular formula is C16H32N2O7. The lowest BCUT2D eigenvalue weighted by Gasteiger charge is -2.19. The predicted octanol–water partition coefficient (Wildman–Crippen LogP) is 0.453. The molecule has 25 heavy (non-hydrogen) atoms. The normalized spacial score (nSPS) is 11.3. The van der Waals surface area contributed by atoms with Gasteiger partial charge in [0.15, 0.2) is 0 Å². The van der Waals surface area contributed by atoms with Crippen molar-refractivity contribution in [3.05, 3.63) is 0 Å². The lowest BCUT2D eigenvalue weighted by Crippen LogP contribution is -2.34. The number of nitrogens with one attached hydrogen (secondary N) is 1. The van der Waals surface area contributed by atoms with E-state index >= 15 is 0 Å². The summed E-state index contributed by atoms with van der Waals surface area (Å²) in [5, 5.41) is 2.60. The third-order valence-corrected chi connectivity index (χ3v) is 2.52. The van der Waals surface area contributed by atoms with Crippen LogP contribution in [0.2, 0.25) is 0 Å². The Morgan fingerprint density at radius 2 is 1.24 bits per heavy atom. The van der Waals surface area contributed by atoms with Crippen LogP contribution in [0.25, 0.3) is 0 Å². The first kappa shape index (κ1) is 23.6. The first-order valence-electron chi connectivity index (χ1n) is 8.37. The largest absolute Gasteiger partial charge is 0.444 e. The number of amides is 2. The highest BCUT2D eigenvalue weighted by molar-refractivity contribution is 5.73. The van der Waals surface area contributed by atoms with Gasteiger partial charge in [-0.1, -0.05) is 0 Å². The fourth-order valence-electron chi connectivity index (χ4n) is 1.47. The topological polar surface area (TPSA) is 118 Å². The molecule has 0 atom stereocenters. The number of hydrogen-bond donors (Lipinski definition) is 2. The Morgan fingerprint density at radius 1 is 0.800 bits per heavy atom. The van der Waals surface area contributed by atoms with Gasteiger partial charge in [0, 0.05) is 13.0 Å². The van der Waals surface area contributed by atoms with E-state index in [9.17, 15) is 9.59 Å². The number of ether oxygens (including phenoxy) is 5. The summed E-state index contributed by atoms with van der Waals surface area (Å²) >= 11 is 0. The standard InChI is InChI=1S/C16H32N2O7/c1-16(2,3)25-15(20)18-5-7-22-9-11-24-13-12-23-10-8-21-6-4-14(17)19/h4-13H2,1-3H3,(H2,17,19)(H,18,20). The predicted molar refractivity (Wildman–Crippen MR) is 91.3 cm³/mol. The van der Waals surface area contributed by atoms with E-state index in [1.165, 1.54) is 0 Å². The fourth-order valence-corrected chi connectivity index (χ4v) is 1.47. The van der Waals surface area contributed by atoms with E-state index in [0.717, 1.165) is 0 Å². The van der Waals surface area contributed by atoms with Crippen molar-refractivity contribution < 1.29 is 33.3 Å². The van der Waals surface area contributed by atoms with E-state index in [0.29, 0.717) is 59.4 Å². The molecule has 9 nitrogen and oxygen atoms in total. The second-order valence-electron chi connectivity index (χ2n) is 6.09. The zero-order valence-electron chi connectivity index (χ0n) is 15.5. The molecule has 0 aliphatic rings. The van der Waals surface area contributed by atoms with Crippen LogP contribution in [0, 0.1) is 0 Å². The average Bonchev–Trinajstić information content (AvgIpc) is 2.49. The highest BCUT2D eigenvalue weighted by Crippen LogP contribution is 2.05. The van der Waals surface area contributed by atoms with Crippen molar-refractivity contribution in [1.29, 1.82) is 0 Å². The van der Waals surface area contributed by atoms with Gasteiger partial charge >= 0.3 is 6.09 Å². The van der Waals surface area contributed by atoms with Gasteiger partial charge < -0.3 is 34.7 Å². The molecule has 3 N–H and O–H groups in total. The quantitative estimate of drug-likeness (QED) is 0.405. The lowest BCUT2D eigenvalue weighted by atomic mass is 10.2. The third-order valence-electron chi connectivity index (χ3n) is 2.52. The van der Waals surface area contributed by atoms with Gasteiger partial charge in [0.05, 0.1) is 52.9 Å². The third kappa shape index (κ3) is 20.5. The first-order valence-corrected chi connectivity index (χ1v) is 8.37. The van der Waals surface area contributed by atoms with Gasteiger partial charge in [-0.25, -0.2) is 4.79 Å². The van der Waals surface area contributed by atoms with E-state index in [-0.39, 0.29) is 12.3 Å². The van der Waals surface area contributed by atoms with Crippen LogP contribution in [-0.4, -0.2) is 77.0 Å². The van der Waals surface area contributed by atoms with Crippen molar-refractivity contribution in [3.63, 3.8) is 0 Å². The molecule has 0 aliphatic carbocycles. The highest BCUT2D eigenvalue weighted by Gasteiger charge is 2.15. The summed E-state index contributed by atoms with van der Waals surface area (Å²) in [7, 11) is 0. The van der Waals surface area contributed by atoms with E-state index in [1.54, 1.807) is 20.8 Å². The number of alkyl carbamates (subject to hydrolysis) is 1. The van der Waals surface area contributed by atoms with E-state index in [1.807, 2.05) is 0 Å². The van der Waals surface area contributed by atoms with Gasteiger partial charge in [-0.3, -0.25) is 4.79 Å². The van der Waals surface area contributed by atoms with Gasteiger partial charge in [-0.2, -0.15) is 0 Å². The number of carbonyl (C=O) groups excluding carboxylic acids is 2. The molecule has 0 bridgehead atoms. The van der Waals surface area contributed by atoms with Crippen LogP contribution < -0.4 is 11.1 Å². The van der Waals surface area contributed by atoms with Crippen molar-refractivity contribution in [2.75, 3.05) is 59.4 Å². The summed E-state index contributed by atoms with van der Waals surface area (Å²) in [6.07, 6.45) is -0.237. The molecule has 0 rings (SSSR count). The zero-order chi connectivity index (χ0) is 19.0. The van der Waals surface area contributed by atoms with Crippen LogP contribution in [-0.2, 0) is 28.5 Å². The Labute approximate surface area is 149 Å². The average molecular weight is 364 g/mol. The SMILES string of the molecule is CC(C)(C)OC(=O)NCCOCCOCCOCCOCCC(N)=O. The smallest absolute Gasteiger partial charge is 0.407 e. The zero-order valence-corrected chi connectivity index (χ0v) is 15.5. The van der Waals surface area contributed by atoms with Crippen molar-refractivity contribution in [3.8, 4) is 0 Å². The molecule has 0 aliphatic heterocycles. The van der Waals surface area contributed by atoms with Crippen molar-refractivity contribution in [2.45, 2.75) is 32.8 Å². The number of carbonyl (C=O) groups is 2. The molecule has 0 aromatic heterocycles. The minimum atomic E-state index is -0.503. The maximum Gasteiger partial charge on any atom is 0.407 e. The molecule has 0 fully saturated rings. The molecule has 0 heterocycles. The number of nitrogens with two attached hydrogens (primary N) is 1. The summed E-state index contributed by atoms with van der Waals surface area (Å²) in [5.41, 5.74) is 4.47. The molecule has 148 valence electrons. The summed E-state index contributed by atoms with van der Waals surface area (Å²) in [6, 6.07) is 0. The molecule has 0 saturated carbocycles. The molecule has 0 aromatic carbocycles. The maximum absolute atomic E-state index is 11.4. The second kappa shape index (κ2) is 14.9. The maximum atomic E-state index is 11.4. The van der Waals surface area contributed by atoms with Crippen LogP contribution in [0.3, 0.4) is 0 Å². The molecule has 9 heteroatoms. The van der Waals surface area contributed by atoms with Crippen LogP contribution in [0.5, 0.6) is 0 Å². The summed E-state index contributed by atoms with van der Waals surface area (Å²) < 4.78 is 26.2. The minimum absolute atomic E-state index is 0.219. The molecule has 2 amide bonds. The van der Waals surface area contributed by atoms with E-state index in [2.05, 4.69) is 5.32 Å². The monoisotopic (exact) mass is 364 g/mol. The van der Waals surface area contributed by atoms with Gasteiger partial charge in [-0.15, -0.1) is 0 Å². The summed E-state index contributed by atoms with van der Waals surface area (Å²) in [6.45, 7) is 9.17. The van der Waals surface area contributed by atoms with Gasteiger partial charge in [0.2, 0.25) is 5.91 Å². The van der Waals surface area contributed by atoms with Crippen LogP contribution >= 0.6 is 0 Å². The molecule has 0 unspecified atom stereocenters. The molecule has 0 saturated heterocycles. The Hall–Kier alpha value is -1.42. The highest BCUT2D eigenvalue weighted by atomic mass is 16.6. The number of rotatable bonds is 15. The first-order chi connectivity index (χ1) is 11.8. The van der Waals surface area contributed by atoms with Crippen molar-refractivity contribution in [2.24, 2.45) is 5.73 Å². The number of hydrogen-bond acceptors (Lipinski definition) is 7. The van der Waals surface area contributed by atoms with Gasteiger partial charge in [0.1, 0.15) is 5.60 Å². The van der Waals surface area contributed by atoms with Crippen molar-refractivity contribution in [1.82, 2.24) is 5.32 Å². The van der Waals surface area contributed by atoms with Crippen molar-refractivity contribution >= 4 is 12.0 Å².